The number of aromatic nitrogens is 2. The van der Waals surface area contributed by atoms with Crippen molar-refractivity contribution in [3.8, 4) is 11.4 Å². The van der Waals surface area contributed by atoms with E-state index in [2.05, 4.69) is 6.92 Å². The lowest BCUT2D eigenvalue weighted by Gasteiger charge is -2.15. The summed E-state index contributed by atoms with van der Waals surface area (Å²) in [6.45, 7) is 4.68. The van der Waals surface area contributed by atoms with E-state index in [1.54, 1.807) is 40.9 Å². The highest BCUT2D eigenvalue weighted by molar-refractivity contribution is 6.35. The first kappa shape index (κ1) is 21.6. The van der Waals surface area contributed by atoms with Crippen LogP contribution in [0, 0.1) is 6.92 Å². The summed E-state index contributed by atoms with van der Waals surface area (Å²) in [6.07, 6.45) is 2.59. The number of anilines is 1. The summed E-state index contributed by atoms with van der Waals surface area (Å²) in [5, 5.41) is 0.516. The smallest absolute Gasteiger partial charge is 0.266 e. The van der Waals surface area contributed by atoms with Crippen LogP contribution >= 0.6 is 0 Å². The van der Waals surface area contributed by atoms with Crippen molar-refractivity contribution in [1.82, 2.24) is 9.55 Å². The summed E-state index contributed by atoms with van der Waals surface area (Å²) in [5.41, 5.74) is 4.40. The molecule has 0 bridgehead atoms. The van der Waals surface area contributed by atoms with Crippen molar-refractivity contribution in [3.05, 3.63) is 94.0 Å². The lowest BCUT2D eigenvalue weighted by molar-refractivity contribution is -0.113. The molecule has 6 heteroatoms. The molecule has 0 spiro atoms. The molecule has 2 heterocycles. The van der Waals surface area contributed by atoms with Gasteiger partial charge in [0.05, 0.1) is 35.0 Å². The van der Waals surface area contributed by atoms with Gasteiger partial charge < -0.3 is 9.64 Å². The molecule has 1 amide bonds. The fraction of sp³-hybridized carbons (Fsp3) is 0.179. The van der Waals surface area contributed by atoms with Gasteiger partial charge in [-0.2, -0.15) is 0 Å². The van der Waals surface area contributed by atoms with Crippen LogP contribution in [0.4, 0.5) is 5.69 Å². The van der Waals surface area contributed by atoms with E-state index in [0.717, 1.165) is 23.2 Å². The van der Waals surface area contributed by atoms with E-state index >= 15 is 0 Å². The van der Waals surface area contributed by atoms with Gasteiger partial charge in [-0.3, -0.25) is 14.2 Å². The molecule has 6 nitrogen and oxygen atoms in total. The highest BCUT2D eigenvalue weighted by Crippen LogP contribution is 2.38. The van der Waals surface area contributed by atoms with Gasteiger partial charge >= 0.3 is 0 Å². The molecule has 0 radical (unpaired) electrons. The summed E-state index contributed by atoms with van der Waals surface area (Å²) in [6, 6.07) is 20.5. The number of nitrogens with zero attached hydrogens (tertiary/aromatic N) is 3. The molecule has 0 atom stereocenters. The van der Waals surface area contributed by atoms with Crippen LogP contribution in [0.2, 0.25) is 0 Å². The molecule has 0 saturated carbocycles. The van der Waals surface area contributed by atoms with Crippen molar-refractivity contribution >= 4 is 34.1 Å². The van der Waals surface area contributed by atoms with Gasteiger partial charge in [0.1, 0.15) is 11.6 Å². The first-order valence-electron chi connectivity index (χ1n) is 11.3. The maximum absolute atomic E-state index is 13.6. The first-order valence-corrected chi connectivity index (χ1v) is 11.3. The average Bonchev–Trinajstić information content (AvgIpc) is 3.10. The minimum Gasteiger partial charge on any atom is -0.497 e. The summed E-state index contributed by atoms with van der Waals surface area (Å²) in [5.74, 6) is 1.02. The molecule has 34 heavy (non-hydrogen) atoms. The van der Waals surface area contributed by atoms with Crippen molar-refractivity contribution in [2.24, 2.45) is 0 Å². The Morgan fingerprint density at radius 1 is 1.00 bits per heavy atom. The second-order valence-electron chi connectivity index (χ2n) is 8.36. The number of methoxy groups -OCH3 is 1. The number of benzene rings is 3. The van der Waals surface area contributed by atoms with Gasteiger partial charge in [-0.25, -0.2) is 4.98 Å². The van der Waals surface area contributed by atoms with E-state index in [9.17, 15) is 9.59 Å². The molecular formula is C28H25N3O3. The molecule has 4 aromatic rings. The number of amides is 1. The van der Waals surface area contributed by atoms with Crippen molar-refractivity contribution in [2.75, 3.05) is 18.6 Å². The molecule has 1 aromatic heterocycles. The Labute approximate surface area is 197 Å². The second-order valence-corrected chi connectivity index (χ2v) is 8.36. The minimum absolute atomic E-state index is 0.0776. The molecule has 3 aromatic carbocycles. The Morgan fingerprint density at radius 2 is 1.76 bits per heavy atom. The normalized spacial score (nSPS) is 14.1. The predicted octanol–water partition coefficient (Wildman–Crippen LogP) is 5.00. The summed E-state index contributed by atoms with van der Waals surface area (Å²) >= 11 is 0. The van der Waals surface area contributed by atoms with Crippen molar-refractivity contribution < 1.29 is 9.53 Å². The van der Waals surface area contributed by atoms with Gasteiger partial charge in [0.2, 0.25) is 0 Å². The van der Waals surface area contributed by atoms with Crippen LogP contribution in [0.15, 0.2) is 71.5 Å². The zero-order valence-electron chi connectivity index (χ0n) is 19.4. The van der Waals surface area contributed by atoms with Gasteiger partial charge in [-0.15, -0.1) is 0 Å². The third-order valence-corrected chi connectivity index (χ3v) is 6.06. The van der Waals surface area contributed by atoms with Gasteiger partial charge in [0, 0.05) is 12.1 Å². The Kier molecular flexibility index (Phi) is 5.49. The molecule has 0 unspecified atom stereocenters. The lowest BCUT2D eigenvalue weighted by atomic mass is 10.0. The minimum atomic E-state index is -0.192. The average molecular weight is 452 g/mol. The molecule has 5 rings (SSSR count). The number of hydrogen-bond acceptors (Lipinski definition) is 4. The number of ether oxygens (including phenoxy) is 1. The zero-order chi connectivity index (χ0) is 23.8. The van der Waals surface area contributed by atoms with Crippen molar-refractivity contribution in [2.45, 2.75) is 20.3 Å². The molecule has 0 N–H and O–H groups in total. The van der Waals surface area contributed by atoms with Crippen LogP contribution in [0.1, 0.15) is 30.3 Å². The third kappa shape index (κ3) is 3.57. The second kappa shape index (κ2) is 8.63. The van der Waals surface area contributed by atoms with E-state index < -0.39 is 0 Å². The molecule has 1 aliphatic heterocycles. The van der Waals surface area contributed by atoms with Crippen molar-refractivity contribution in [1.29, 1.82) is 0 Å². The number of carbonyl (C=O) groups is 1. The number of aryl methyl sites for hydroxylation is 1. The standard InChI is InChI=1S/C28H25N3O3/c1-4-15-30-25-14-9-18(2)16-22(25)23(27(30)32)17-26-29-24-8-6-5-7-21(24)28(33)31(26)19-10-12-20(34-3)13-11-19/h5-14,16-17H,4,15H2,1-3H3. The monoisotopic (exact) mass is 451 g/mol. The van der Waals surface area contributed by atoms with Gasteiger partial charge in [-0.05, 0) is 68.0 Å². The maximum atomic E-state index is 13.6. The number of para-hydroxylation sites is 1. The van der Waals surface area contributed by atoms with Crippen molar-refractivity contribution in [3.63, 3.8) is 0 Å². The van der Waals surface area contributed by atoms with Gasteiger partial charge in [-0.1, -0.05) is 30.7 Å². The largest absolute Gasteiger partial charge is 0.497 e. The topological polar surface area (TPSA) is 64.4 Å². The lowest BCUT2D eigenvalue weighted by Crippen LogP contribution is -2.27. The highest BCUT2D eigenvalue weighted by atomic mass is 16.5. The maximum Gasteiger partial charge on any atom is 0.266 e. The number of hydrogen-bond donors (Lipinski definition) is 0. The van der Waals surface area contributed by atoms with Gasteiger partial charge in [0.15, 0.2) is 0 Å². The molecule has 0 fully saturated rings. The molecule has 0 saturated heterocycles. The van der Waals surface area contributed by atoms with Crippen LogP contribution in [-0.4, -0.2) is 29.1 Å². The van der Waals surface area contributed by atoms with E-state index in [0.29, 0.717) is 40.3 Å². The third-order valence-electron chi connectivity index (χ3n) is 6.06. The van der Waals surface area contributed by atoms with E-state index in [4.69, 9.17) is 9.72 Å². The number of rotatable bonds is 5. The number of carbonyl (C=O) groups excluding carboxylic acids is 1. The number of fused-ring (bicyclic) bond motifs is 2. The first-order chi connectivity index (χ1) is 16.5. The molecule has 1 aliphatic rings. The Hall–Kier alpha value is -4.19. The Bertz CT molecular complexity index is 1500. The van der Waals surface area contributed by atoms with Crippen LogP contribution in [0.25, 0.3) is 28.2 Å². The fourth-order valence-corrected chi connectivity index (χ4v) is 4.41. The zero-order valence-corrected chi connectivity index (χ0v) is 19.4. The quantitative estimate of drug-likeness (QED) is 0.401. The van der Waals surface area contributed by atoms with Gasteiger partial charge in [0.25, 0.3) is 11.5 Å². The van der Waals surface area contributed by atoms with Crippen LogP contribution in [0.3, 0.4) is 0 Å². The Balaban J connectivity index is 1.78. The summed E-state index contributed by atoms with van der Waals surface area (Å²) in [4.78, 5) is 33.7. The van der Waals surface area contributed by atoms with E-state index in [-0.39, 0.29) is 11.5 Å². The summed E-state index contributed by atoms with van der Waals surface area (Å²) < 4.78 is 6.83. The highest BCUT2D eigenvalue weighted by Gasteiger charge is 2.32. The fourth-order valence-electron chi connectivity index (χ4n) is 4.41. The molecule has 0 aliphatic carbocycles. The predicted molar refractivity (Wildman–Crippen MR) is 136 cm³/mol. The van der Waals surface area contributed by atoms with Crippen LogP contribution in [0.5, 0.6) is 5.75 Å². The Morgan fingerprint density at radius 3 is 2.50 bits per heavy atom. The molecule has 170 valence electrons. The SMILES string of the molecule is CCCN1C(=O)C(=Cc2nc3ccccc3c(=O)n2-c2ccc(OC)cc2)c2cc(C)ccc21. The molecular weight excluding hydrogens is 426 g/mol. The van der Waals surface area contributed by atoms with E-state index in [1.165, 1.54) is 0 Å². The summed E-state index contributed by atoms with van der Waals surface area (Å²) in [7, 11) is 1.60. The van der Waals surface area contributed by atoms with Crippen LogP contribution < -0.4 is 15.2 Å². The van der Waals surface area contributed by atoms with Crippen LogP contribution in [-0.2, 0) is 4.79 Å². The van der Waals surface area contributed by atoms with E-state index in [1.807, 2.05) is 55.5 Å².